The van der Waals surface area contributed by atoms with E-state index >= 15 is 0 Å². The monoisotopic (exact) mass is 566 g/mol. The van der Waals surface area contributed by atoms with Gasteiger partial charge in [-0.05, 0) is 37.6 Å². The maximum absolute atomic E-state index is 13.5. The molecule has 0 spiro atoms. The minimum atomic E-state index is -3.73. The molecule has 1 aromatic heterocycles. The molecule has 214 valence electrons. The van der Waals surface area contributed by atoms with Gasteiger partial charge in [0, 0.05) is 68.0 Å². The minimum Gasteiger partial charge on any atom is -0.493 e. The maximum atomic E-state index is 13.5. The number of methoxy groups -OCH3 is 3. The van der Waals surface area contributed by atoms with Crippen LogP contribution in [0.25, 0.3) is 10.8 Å². The summed E-state index contributed by atoms with van der Waals surface area (Å²) >= 11 is 0. The molecule has 3 aromatic rings. The predicted octanol–water partition coefficient (Wildman–Crippen LogP) is 3.48. The van der Waals surface area contributed by atoms with E-state index in [-0.39, 0.29) is 11.4 Å². The number of ether oxygens (including phenoxy) is 3. The number of hydrogen-bond acceptors (Lipinski definition) is 8. The lowest BCUT2D eigenvalue weighted by Gasteiger charge is -2.35. The van der Waals surface area contributed by atoms with Crippen molar-refractivity contribution >= 4 is 20.8 Å². The number of sulfonamides is 1. The van der Waals surface area contributed by atoms with Crippen LogP contribution in [0.4, 0.5) is 0 Å². The van der Waals surface area contributed by atoms with Gasteiger partial charge in [-0.1, -0.05) is 24.1 Å². The maximum Gasteiger partial charge on any atom is 0.244 e. The molecule has 0 saturated carbocycles. The number of unbranched alkanes of at least 4 members (excludes halogenated alkanes) is 1. The molecule has 10 heteroatoms. The standard InChI is InChI=1S/C30H38N4O5S/c1-5-15-34(40(35,36)28-10-8-9-24-22-31-14-13-26(24)28)17-7-6-16-32-18-20-33(21-19-32)23-25-11-12-27(37-2)30(39-4)29(25)38-3/h1,8-14,22H,6-7,15-21,23H2,2-4H3. The molecule has 0 bridgehead atoms. The van der Waals surface area contributed by atoms with Crippen LogP contribution in [0.3, 0.4) is 0 Å². The number of benzene rings is 2. The zero-order valence-electron chi connectivity index (χ0n) is 23.5. The molecule has 0 unspecified atom stereocenters. The van der Waals surface area contributed by atoms with Gasteiger partial charge in [-0.3, -0.25) is 9.88 Å². The summed E-state index contributed by atoms with van der Waals surface area (Å²) in [7, 11) is 1.15. The molecule has 2 heterocycles. The third-order valence-corrected chi connectivity index (χ3v) is 9.21. The van der Waals surface area contributed by atoms with E-state index in [1.54, 1.807) is 51.9 Å². The van der Waals surface area contributed by atoms with Crippen molar-refractivity contribution in [1.29, 1.82) is 0 Å². The number of piperazine rings is 1. The molecule has 0 atom stereocenters. The smallest absolute Gasteiger partial charge is 0.244 e. The van der Waals surface area contributed by atoms with Crippen LogP contribution in [0.5, 0.6) is 17.2 Å². The summed E-state index contributed by atoms with van der Waals surface area (Å²) in [5.74, 6) is 4.49. The van der Waals surface area contributed by atoms with Gasteiger partial charge in [0.05, 0.1) is 32.8 Å². The van der Waals surface area contributed by atoms with Crippen molar-refractivity contribution < 1.29 is 22.6 Å². The van der Waals surface area contributed by atoms with E-state index < -0.39 is 10.0 Å². The van der Waals surface area contributed by atoms with Crippen LogP contribution in [0.15, 0.2) is 53.7 Å². The Kier molecular flexibility index (Phi) is 10.2. The first kappa shape index (κ1) is 29.6. The Balaban J connectivity index is 1.28. The second-order valence-electron chi connectivity index (χ2n) is 9.71. The SMILES string of the molecule is C#CCN(CCCCN1CCN(Cc2ccc(OC)c(OC)c2OC)CC1)S(=O)(=O)c1cccc2cnccc12. The summed E-state index contributed by atoms with van der Waals surface area (Å²) in [6.07, 6.45) is 10.5. The minimum absolute atomic E-state index is 0.0437. The normalized spacial score (nSPS) is 14.8. The van der Waals surface area contributed by atoms with Crippen molar-refractivity contribution in [2.75, 3.05) is 67.1 Å². The van der Waals surface area contributed by atoms with Gasteiger partial charge in [-0.25, -0.2) is 8.42 Å². The highest BCUT2D eigenvalue weighted by molar-refractivity contribution is 7.89. The van der Waals surface area contributed by atoms with Gasteiger partial charge in [0.15, 0.2) is 11.5 Å². The van der Waals surface area contributed by atoms with Crippen LogP contribution in [0, 0.1) is 12.3 Å². The number of terminal acetylenes is 1. The lowest BCUT2D eigenvalue weighted by Crippen LogP contribution is -2.46. The number of pyridine rings is 1. The Bertz CT molecular complexity index is 1430. The number of hydrogen-bond donors (Lipinski definition) is 0. The highest BCUT2D eigenvalue weighted by Crippen LogP contribution is 2.40. The van der Waals surface area contributed by atoms with E-state index in [2.05, 4.69) is 20.7 Å². The average molecular weight is 567 g/mol. The first-order chi connectivity index (χ1) is 19.4. The van der Waals surface area contributed by atoms with Crippen molar-refractivity contribution in [3.63, 3.8) is 0 Å². The molecule has 1 fully saturated rings. The number of rotatable bonds is 13. The predicted molar refractivity (Wildman–Crippen MR) is 156 cm³/mol. The van der Waals surface area contributed by atoms with E-state index in [4.69, 9.17) is 20.6 Å². The van der Waals surface area contributed by atoms with E-state index in [0.29, 0.717) is 29.2 Å². The fraction of sp³-hybridized carbons (Fsp3) is 0.433. The first-order valence-corrected chi connectivity index (χ1v) is 14.9. The second-order valence-corrected chi connectivity index (χ2v) is 11.6. The molecule has 9 nitrogen and oxygen atoms in total. The Hall–Kier alpha value is -3.36. The molecule has 4 rings (SSSR count). The van der Waals surface area contributed by atoms with Crippen molar-refractivity contribution in [1.82, 2.24) is 19.1 Å². The lowest BCUT2D eigenvalue weighted by atomic mass is 10.1. The van der Waals surface area contributed by atoms with Crippen molar-refractivity contribution in [2.45, 2.75) is 24.3 Å². The third kappa shape index (κ3) is 6.67. The summed E-state index contributed by atoms with van der Waals surface area (Å²) in [6, 6.07) is 10.9. The summed E-state index contributed by atoms with van der Waals surface area (Å²) in [5, 5.41) is 1.44. The van der Waals surface area contributed by atoms with E-state index in [1.807, 2.05) is 18.2 Å². The van der Waals surface area contributed by atoms with Gasteiger partial charge < -0.3 is 19.1 Å². The molecule has 0 amide bonds. The number of nitrogens with zero attached hydrogens (tertiary/aromatic N) is 4. The average Bonchev–Trinajstić information content (AvgIpc) is 2.98. The summed E-state index contributed by atoms with van der Waals surface area (Å²) in [6.45, 7) is 5.88. The Morgan fingerprint density at radius 1 is 0.950 bits per heavy atom. The topological polar surface area (TPSA) is 84.4 Å². The molecule has 1 aliphatic heterocycles. The van der Waals surface area contributed by atoms with Gasteiger partial charge in [-0.15, -0.1) is 6.42 Å². The Labute approximate surface area is 237 Å². The van der Waals surface area contributed by atoms with Crippen LogP contribution >= 0.6 is 0 Å². The van der Waals surface area contributed by atoms with Gasteiger partial charge >= 0.3 is 0 Å². The molecule has 2 aromatic carbocycles. The highest BCUT2D eigenvalue weighted by atomic mass is 32.2. The summed E-state index contributed by atoms with van der Waals surface area (Å²) < 4.78 is 45.0. The van der Waals surface area contributed by atoms with E-state index in [9.17, 15) is 8.42 Å². The van der Waals surface area contributed by atoms with E-state index in [0.717, 1.165) is 63.1 Å². The van der Waals surface area contributed by atoms with Crippen LogP contribution in [-0.2, 0) is 16.6 Å². The van der Waals surface area contributed by atoms with Gasteiger partial charge in [0.25, 0.3) is 0 Å². The Morgan fingerprint density at radius 2 is 1.70 bits per heavy atom. The fourth-order valence-corrected chi connectivity index (χ4v) is 6.77. The molecule has 0 N–H and O–H groups in total. The van der Waals surface area contributed by atoms with E-state index in [1.165, 1.54) is 4.31 Å². The first-order valence-electron chi connectivity index (χ1n) is 13.4. The molecule has 1 aliphatic rings. The van der Waals surface area contributed by atoms with Crippen LogP contribution in [0.2, 0.25) is 0 Å². The molecule has 0 aliphatic carbocycles. The zero-order chi connectivity index (χ0) is 28.5. The largest absolute Gasteiger partial charge is 0.493 e. The zero-order valence-corrected chi connectivity index (χ0v) is 24.3. The van der Waals surface area contributed by atoms with Crippen LogP contribution in [-0.4, -0.2) is 94.6 Å². The van der Waals surface area contributed by atoms with Gasteiger partial charge in [0.2, 0.25) is 15.8 Å². The Morgan fingerprint density at radius 3 is 2.40 bits per heavy atom. The molecule has 0 radical (unpaired) electrons. The summed E-state index contributed by atoms with van der Waals surface area (Å²) in [5.41, 5.74) is 1.06. The van der Waals surface area contributed by atoms with Gasteiger partial charge in [0.1, 0.15) is 0 Å². The fourth-order valence-electron chi connectivity index (χ4n) is 5.17. The van der Waals surface area contributed by atoms with Crippen molar-refractivity contribution in [2.24, 2.45) is 0 Å². The highest BCUT2D eigenvalue weighted by Gasteiger charge is 2.26. The number of fused-ring (bicyclic) bond motifs is 1. The molecule has 1 saturated heterocycles. The molecular formula is C30H38N4O5S. The second kappa shape index (κ2) is 13.8. The number of aromatic nitrogens is 1. The van der Waals surface area contributed by atoms with Crippen LogP contribution < -0.4 is 14.2 Å². The third-order valence-electron chi connectivity index (χ3n) is 7.30. The summed E-state index contributed by atoms with van der Waals surface area (Å²) in [4.78, 5) is 9.21. The molecular weight excluding hydrogens is 528 g/mol. The van der Waals surface area contributed by atoms with Crippen LogP contribution in [0.1, 0.15) is 18.4 Å². The van der Waals surface area contributed by atoms with Gasteiger partial charge in [-0.2, -0.15) is 4.31 Å². The van der Waals surface area contributed by atoms with Crippen molar-refractivity contribution in [3.05, 3.63) is 54.4 Å². The lowest BCUT2D eigenvalue weighted by molar-refractivity contribution is 0.124. The molecule has 40 heavy (non-hydrogen) atoms. The van der Waals surface area contributed by atoms with Crippen molar-refractivity contribution in [3.8, 4) is 29.6 Å². The quantitative estimate of drug-likeness (QED) is 0.230.